The van der Waals surface area contributed by atoms with Crippen molar-refractivity contribution in [3.63, 3.8) is 0 Å². The second kappa shape index (κ2) is 40.6. The summed E-state index contributed by atoms with van der Waals surface area (Å²) < 4.78 is 32.7. The molecule has 11 heteroatoms. The van der Waals surface area contributed by atoms with Gasteiger partial charge in [0.2, 0.25) is 0 Å². The van der Waals surface area contributed by atoms with E-state index in [2.05, 4.69) is 42.7 Å². The summed E-state index contributed by atoms with van der Waals surface area (Å²) in [6.45, 7) is 2.36. The number of ether oxygens (including phenoxy) is 2. The van der Waals surface area contributed by atoms with Gasteiger partial charge in [0.15, 0.2) is 6.10 Å². The Labute approximate surface area is 336 Å². The highest BCUT2D eigenvalue weighted by Crippen LogP contribution is 2.43. The zero-order valence-electron chi connectivity index (χ0n) is 35.2. The molecule has 0 saturated carbocycles. The fraction of sp³-hybridized carbons (Fsp3) is 0.864. The molecule has 0 fully saturated rings. The first-order chi connectivity index (χ1) is 26.7. The molecular formula is C44H83O10P. The molecule has 0 aromatic heterocycles. The van der Waals surface area contributed by atoms with Gasteiger partial charge in [0.1, 0.15) is 12.7 Å². The van der Waals surface area contributed by atoms with Crippen LogP contribution in [0.25, 0.3) is 0 Å². The van der Waals surface area contributed by atoms with Crippen molar-refractivity contribution in [2.45, 2.75) is 219 Å². The van der Waals surface area contributed by atoms with Crippen LogP contribution in [0.2, 0.25) is 0 Å². The maximum atomic E-state index is 12.6. The highest BCUT2D eigenvalue weighted by Gasteiger charge is 2.27. The van der Waals surface area contributed by atoms with Gasteiger partial charge >= 0.3 is 19.8 Å². The van der Waals surface area contributed by atoms with Crippen LogP contribution in [0, 0.1) is 0 Å². The molecule has 0 aliphatic rings. The molecular weight excluding hydrogens is 719 g/mol. The predicted octanol–water partition coefficient (Wildman–Crippen LogP) is 11.8. The highest BCUT2D eigenvalue weighted by atomic mass is 31.2. The Bertz CT molecular complexity index is 972. The van der Waals surface area contributed by atoms with Gasteiger partial charge in [-0.3, -0.25) is 18.6 Å². The number of rotatable bonds is 42. The number of carbonyl (C=O) groups excluding carboxylic acids is 2. The van der Waals surface area contributed by atoms with Crippen LogP contribution in [-0.2, 0) is 32.7 Å². The van der Waals surface area contributed by atoms with Gasteiger partial charge in [0, 0.05) is 12.8 Å². The van der Waals surface area contributed by atoms with Crippen LogP contribution < -0.4 is 0 Å². The minimum absolute atomic E-state index is 0.180. The lowest BCUT2D eigenvalue weighted by atomic mass is 10.1. The summed E-state index contributed by atoms with van der Waals surface area (Å²) in [5.74, 6) is -0.947. The van der Waals surface area contributed by atoms with E-state index in [1.807, 2.05) is 0 Å². The Morgan fingerprint density at radius 2 is 0.891 bits per heavy atom. The van der Waals surface area contributed by atoms with Crippen LogP contribution in [0.4, 0.5) is 0 Å². The third-order valence-electron chi connectivity index (χ3n) is 9.58. The second-order valence-electron chi connectivity index (χ2n) is 15.1. The van der Waals surface area contributed by atoms with Crippen LogP contribution in [0.15, 0.2) is 24.3 Å². The Morgan fingerprint density at radius 1 is 0.527 bits per heavy atom. The summed E-state index contributed by atoms with van der Waals surface area (Å²) in [6, 6.07) is 0. The summed E-state index contributed by atoms with van der Waals surface area (Å²) >= 11 is 0. The Kier molecular flexibility index (Phi) is 39.5. The smallest absolute Gasteiger partial charge is 0.462 e. The fourth-order valence-electron chi connectivity index (χ4n) is 6.10. The summed E-state index contributed by atoms with van der Waals surface area (Å²) in [6.07, 6.45) is 40.0. The van der Waals surface area contributed by atoms with E-state index in [0.29, 0.717) is 12.8 Å². The van der Waals surface area contributed by atoms with E-state index >= 15 is 0 Å². The normalized spacial score (nSPS) is 14.1. The van der Waals surface area contributed by atoms with Crippen molar-refractivity contribution < 1.29 is 47.8 Å². The molecule has 0 amide bonds. The summed E-state index contributed by atoms with van der Waals surface area (Å²) in [7, 11) is -4.62. The number of aliphatic hydroxyl groups is 2. The fourth-order valence-corrected chi connectivity index (χ4v) is 6.89. The first-order valence-electron chi connectivity index (χ1n) is 22.3. The van der Waals surface area contributed by atoms with Gasteiger partial charge in [-0.05, 0) is 64.2 Å². The molecule has 0 aliphatic heterocycles. The lowest BCUT2D eigenvalue weighted by molar-refractivity contribution is -0.161. The van der Waals surface area contributed by atoms with Gasteiger partial charge < -0.3 is 24.6 Å². The first kappa shape index (κ1) is 53.5. The number of phosphoric ester groups is 1. The maximum absolute atomic E-state index is 12.6. The van der Waals surface area contributed by atoms with Crippen LogP contribution in [-0.4, -0.2) is 65.7 Å². The van der Waals surface area contributed by atoms with Crippen molar-refractivity contribution in [2.24, 2.45) is 0 Å². The highest BCUT2D eigenvalue weighted by molar-refractivity contribution is 7.47. The lowest BCUT2D eigenvalue weighted by Gasteiger charge is -2.20. The molecule has 10 nitrogen and oxygen atoms in total. The van der Waals surface area contributed by atoms with Gasteiger partial charge in [0.05, 0.1) is 19.8 Å². The number of unbranched alkanes of at least 4 members (excludes halogenated alkanes) is 24. The number of allylic oxidation sites excluding steroid dienone is 4. The summed E-state index contributed by atoms with van der Waals surface area (Å²) in [5, 5.41) is 18.3. The molecule has 0 radical (unpaired) electrons. The number of phosphoric acid groups is 1. The molecule has 0 rings (SSSR count). The molecule has 0 heterocycles. The zero-order valence-corrected chi connectivity index (χ0v) is 36.0. The van der Waals surface area contributed by atoms with E-state index in [9.17, 15) is 24.2 Å². The zero-order chi connectivity index (χ0) is 40.5. The maximum Gasteiger partial charge on any atom is 0.472 e. The van der Waals surface area contributed by atoms with E-state index < -0.39 is 51.8 Å². The van der Waals surface area contributed by atoms with Crippen molar-refractivity contribution in [3.8, 4) is 0 Å². The van der Waals surface area contributed by atoms with Gasteiger partial charge in [-0.1, -0.05) is 154 Å². The average Bonchev–Trinajstić information content (AvgIpc) is 3.17. The van der Waals surface area contributed by atoms with E-state index in [1.54, 1.807) is 0 Å². The molecule has 0 saturated heterocycles. The lowest BCUT2D eigenvalue weighted by Crippen LogP contribution is -2.29. The van der Waals surface area contributed by atoms with E-state index in [4.69, 9.17) is 19.1 Å². The quantitative estimate of drug-likeness (QED) is 0.0236. The van der Waals surface area contributed by atoms with Crippen molar-refractivity contribution >= 4 is 19.8 Å². The van der Waals surface area contributed by atoms with Crippen molar-refractivity contribution in [3.05, 3.63) is 24.3 Å². The number of aliphatic hydroxyl groups excluding tert-OH is 2. The Hall–Kier alpha value is -1.55. The number of hydrogen-bond acceptors (Lipinski definition) is 9. The molecule has 324 valence electrons. The number of carbonyl (C=O) groups is 2. The third-order valence-corrected chi connectivity index (χ3v) is 10.5. The van der Waals surface area contributed by atoms with Crippen LogP contribution >= 0.6 is 7.82 Å². The van der Waals surface area contributed by atoms with Gasteiger partial charge in [0.25, 0.3) is 0 Å². The van der Waals surface area contributed by atoms with Crippen molar-refractivity contribution in [1.29, 1.82) is 0 Å². The van der Waals surface area contributed by atoms with Crippen LogP contribution in [0.1, 0.15) is 206 Å². The predicted molar refractivity (Wildman–Crippen MR) is 224 cm³/mol. The Morgan fingerprint density at radius 3 is 1.36 bits per heavy atom. The van der Waals surface area contributed by atoms with E-state index in [1.165, 1.54) is 128 Å². The van der Waals surface area contributed by atoms with Crippen molar-refractivity contribution in [1.82, 2.24) is 0 Å². The topological polar surface area (TPSA) is 149 Å². The van der Waals surface area contributed by atoms with Crippen LogP contribution in [0.5, 0.6) is 0 Å². The largest absolute Gasteiger partial charge is 0.472 e. The SMILES string of the molecule is CCCCCC/C=C/CCCCCCCCCCCC(=O)O[C@H](COC(=O)CCCC/C=C/CCCCCCCCCCC)COP(=O)(O)OC[C@@H](O)CO. The molecule has 1 unspecified atom stereocenters. The van der Waals surface area contributed by atoms with Crippen molar-refractivity contribution in [2.75, 3.05) is 26.4 Å². The molecule has 3 atom stereocenters. The van der Waals surface area contributed by atoms with Gasteiger partial charge in [-0.15, -0.1) is 0 Å². The van der Waals surface area contributed by atoms with E-state index in [0.717, 1.165) is 38.5 Å². The molecule has 0 aliphatic carbocycles. The van der Waals surface area contributed by atoms with Gasteiger partial charge in [-0.25, -0.2) is 4.57 Å². The second-order valence-corrected chi connectivity index (χ2v) is 16.5. The molecule has 3 N–H and O–H groups in total. The monoisotopic (exact) mass is 803 g/mol. The molecule has 55 heavy (non-hydrogen) atoms. The number of hydrogen-bond donors (Lipinski definition) is 3. The average molecular weight is 803 g/mol. The Balaban J connectivity index is 4.29. The standard InChI is InChI=1S/C44H83O10P/c1-3-5-7-9-11-13-15-17-19-20-22-24-26-28-30-32-34-36-44(48)54-42(40-53-55(49,50)52-38-41(46)37-45)39-51-43(47)35-33-31-29-27-25-23-21-18-16-14-12-10-8-6-4-2/h13,15,25,27,41-42,45-46H,3-12,14,16-24,26,28-40H2,1-2H3,(H,49,50)/b15-13+,27-25+/t41-,42+/m0/s1. The van der Waals surface area contributed by atoms with Crippen LogP contribution in [0.3, 0.4) is 0 Å². The first-order valence-corrected chi connectivity index (χ1v) is 23.8. The molecule has 0 bridgehead atoms. The summed E-state index contributed by atoms with van der Waals surface area (Å²) in [5.41, 5.74) is 0. The molecule has 0 spiro atoms. The molecule has 0 aromatic rings. The number of esters is 2. The van der Waals surface area contributed by atoms with Gasteiger partial charge in [-0.2, -0.15) is 0 Å². The minimum atomic E-state index is -4.62. The third kappa shape index (κ3) is 40.4. The summed E-state index contributed by atoms with van der Waals surface area (Å²) in [4.78, 5) is 35.0. The molecule has 0 aromatic carbocycles. The van der Waals surface area contributed by atoms with E-state index in [-0.39, 0.29) is 19.4 Å². The minimum Gasteiger partial charge on any atom is -0.462 e.